The van der Waals surface area contributed by atoms with E-state index in [1.165, 1.54) is 0 Å². The number of nitrogens with zero attached hydrogens (tertiary/aromatic N) is 1. The quantitative estimate of drug-likeness (QED) is 0.735. The number of hydrogen-bond donors (Lipinski definition) is 2. The Labute approximate surface area is 101 Å². The van der Waals surface area contributed by atoms with Crippen LogP contribution in [0.5, 0.6) is 5.88 Å². The minimum absolute atomic E-state index is 0.0787. The van der Waals surface area contributed by atoms with E-state index in [0.717, 1.165) is 0 Å². The fourth-order valence-electron chi connectivity index (χ4n) is 1.08. The predicted molar refractivity (Wildman–Crippen MR) is 64.9 cm³/mol. The SMILES string of the molecule is CC(C)C(=O)Nc1cccc(OCCCO)n1. The lowest BCUT2D eigenvalue weighted by Gasteiger charge is -2.08. The third-order valence-electron chi connectivity index (χ3n) is 2.05. The van der Waals surface area contributed by atoms with Gasteiger partial charge in [0.15, 0.2) is 0 Å². The maximum absolute atomic E-state index is 11.5. The van der Waals surface area contributed by atoms with Crippen LogP contribution in [0.1, 0.15) is 20.3 Å². The first-order valence-electron chi connectivity index (χ1n) is 5.65. The van der Waals surface area contributed by atoms with Crippen molar-refractivity contribution in [3.8, 4) is 5.88 Å². The lowest BCUT2D eigenvalue weighted by molar-refractivity contribution is -0.118. The second-order valence-electron chi connectivity index (χ2n) is 3.93. The predicted octanol–water partition coefficient (Wildman–Crippen LogP) is 1.44. The van der Waals surface area contributed by atoms with Crippen LogP contribution in [0.2, 0.25) is 0 Å². The Morgan fingerprint density at radius 2 is 2.29 bits per heavy atom. The van der Waals surface area contributed by atoms with E-state index in [4.69, 9.17) is 9.84 Å². The summed E-state index contributed by atoms with van der Waals surface area (Å²) in [6.07, 6.45) is 0.560. The number of anilines is 1. The van der Waals surface area contributed by atoms with E-state index in [1.807, 2.05) is 13.8 Å². The molecule has 1 amide bonds. The lowest BCUT2D eigenvalue weighted by Crippen LogP contribution is -2.18. The van der Waals surface area contributed by atoms with Gasteiger partial charge in [0, 0.05) is 25.0 Å². The van der Waals surface area contributed by atoms with Gasteiger partial charge in [-0.1, -0.05) is 19.9 Å². The van der Waals surface area contributed by atoms with Crippen molar-refractivity contribution >= 4 is 11.7 Å². The van der Waals surface area contributed by atoms with Gasteiger partial charge in [-0.3, -0.25) is 4.79 Å². The second kappa shape index (κ2) is 6.85. The number of rotatable bonds is 6. The average Bonchev–Trinajstić information content (AvgIpc) is 2.30. The second-order valence-corrected chi connectivity index (χ2v) is 3.93. The summed E-state index contributed by atoms with van der Waals surface area (Å²) in [4.78, 5) is 15.6. The van der Waals surface area contributed by atoms with Crippen molar-refractivity contribution in [2.45, 2.75) is 20.3 Å². The molecule has 0 unspecified atom stereocenters. The minimum Gasteiger partial charge on any atom is -0.478 e. The van der Waals surface area contributed by atoms with Crippen molar-refractivity contribution in [1.82, 2.24) is 4.98 Å². The van der Waals surface area contributed by atoms with E-state index in [9.17, 15) is 4.79 Å². The first kappa shape index (κ1) is 13.4. The topological polar surface area (TPSA) is 71.5 Å². The van der Waals surface area contributed by atoms with Crippen molar-refractivity contribution in [3.63, 3.8) is 0 Å². The first-order valence-corrected chi connectivity index (χ1v) is 5.65. The van der Waals surface area contributed by atoms with Crippen LogP contribution in [-0.4, -0.2) is 29.2 Å². The molecule has 0 fully saturated rings. The number of aliphatic hydroxyl groups is 1. The molecular weight excluding hydrogens is 220 g/mol. The molecule has 5 nitrogen and oxygen atoms in total. The summed E-state index contributed by atoms with van der Waals surface area (Å²) in [5.41, 5.74) is 0. The molecule has 0 atom stereocenters. The molecule has 1 aromatic rings. The average molecular weight is 238 g/mol. The van der Waals surface area contributed by atoms with E-state index in [0.29, 0.717) is 24.7 Å². The van der Waals surface area contributed by atoms with Crippen LogP contribution < -0.4 is 10.1 Å². The van der Waals surface area contributed by atoms with Crippen LogP contribution in [0.15, 0.2) is 18.2 Å². The molecule has 0 aliphatic heterocycles. The number of aromatic nitrogens is 1. The molecule has 0 saturated carbocycles. The van der Waals surface area contributed by atoms with Crippen LogP contribution >= 0.6 is 0 Å². The molecule has 0 bridgehead atoms. The Bertz CT molecular complexity index is 367. The highest BCUT2D eigenvalue weighted by Gasteiger charge is 2.08. The molecule has 1 aromatic heterocycles. The number of carbonyl (C=O) groups is 1. The van der Waals surface area contributed by atoms with Gasteiger partial charge in [0.05, 0.1) is 6.61 Å². The Hall–Kier alpha value is -1.62. The van der Waals surface area contributed by atoms with Crippen molar-refractivity contribution in [3.05, 3.63) is 18.2 Å². The smallest absolute Gasteiger partial charge is 0.228 e. The van der Waals surface area contributed by atoms with Gasteiger partial charge >= 0.3 is 0 Å². The molecule has 17 heavy (non-hydrogen) atoms. The summed E-state index contributed by atoms with van der Waals surface area (Å²) >= 11 is 0. The molecule has 94 valence electrons. The highest BCUT2D eigenvalue weighted by Crippen LogP contribution is 2.12. The minimum atomic E-state index is -0.0873. The fraction of sp³-hybridized carbons (Fsp3) is 0.500. The largest absolute Gasteiger partial charge is 0.478 e. The molecule has 0 radical (unpaired) electrons. The highest BCUT2D eigenvalue weighted by molar-refractivity contribution is 5.91. The number of carbonyl (C=O) groups excluding carboxylic acids is 1. The summed E-state index contributed by atoms with van der Waals surface area (Å²) in [6.45, 7) is 4.13. The zero-order chi connectivity index (χ0) is 12.7. The number of amides is 1. The van der Waals surface area contributed by atoms with Crippen molar-refractivity contribution in [1.29, 1.82) is 0 Å². The Morgan fingerprint density at radius 3 is 2.94 bits per heavy atom. The summed E-state index contributed by atoms with van der Waals surface area (Å²) in [5.74, 6) is 0.756. The van der Waals surface area contributed by atoms with Crippen LogP contribution in [0.4, 0.5) is 5.82 Å². The molecule has 5 heteroatoms. The van der Waals surface area contributed by atoms with E-state index < -0.39 is 0 Å². The Kier molecular flexibility index (Phi) is 5.42. The third-order valence-corrected chi connectivity index (χ3v) is 2.05. The molecule has 1 rings (SSSR count). The molecule has 0 aliphatic rings. The maximum Gasteiger partial charge on any atom is 0.228 e. The summed E-state index contributed by atoms with van der Waals surface area (Å²) < 4.78 is 5.31. The van der Waals surface area contributed by atoms with Crippen molar-refractivity contribution in [2.24, 2.45) is 5.92 Å². The van der Waals surface area contributed by atoms with Gasteiger partial charge in [0.25, 0.3) is 0 Å². The zero-order valence-electron chi connectivity index (χ0n) is 10.1. The molecule has 0 aliphatic carbocycles. The van der Waals surface area contributed by atoms with Crippen LogP contribution in [0, 0.1) is 5.92 Å². The summed E-state index contributed by atoms with van der Waals surface area (Å²) in [5, 5.41) is 11.3. The lowest BCUT2D eigenvalue weighted by atomic mass is 10.2. The van der Waals surface area contributed by atoms with Crippen molar-refractivity contribution < 1.29 is 14.6 Å². The van der Waals surface area contributed by atoms with Gasteiger partial charge in [-0.05, 0) is 6.07 Å². The molecule has 2 N–H and O–H groups in total. The normalized spacial score (nSPS) is 10.4. The molecular formula is C12H18N2O3. The number of pyridine rings is 1. The standard InChI is InChI=1S/C12H18N2O3/c1-9(2)12(16)14-10-5-3-6-11(13-10)17-8-4-7-15/h3,5-6,9,15H,4,7-8H2,1-2H3,(H,13,14,16). The number of aliphatic hydroxyl groups excluding tert-OH is 1. The van der Waals surface area contributed by atoms with Crippen LogP contribution in [0.25, 0.3) is 0 Å². The number of hydrogen-bond acceptors (Lipinski definition) is 4. The zero-order valence-corrected chi connectivity index (χ0v) is 10.1. The Balaban J connectivity index is 2.56. The maximum atomic E-state index is 11.5. The molecule has 0 saturated heterocycles. The summed E-state index contributed by atoms with van der Waals surface area (Å²) in [7, 11) is 0. The highest BCUT2D eigenvalue weighted by atomic mass is 16.5. The number of ether oxygens (including phenoxy) is 1. The van der Waals surface area contributed by atoms with E-state index in [1.54, 1.807) is 18.2 Å². The van der Waals surface area contributed by atoms with Crippen LogP contribution in [-0.2, 0) is 4.79 Å². The van der Waals surface area contributed by atoms with Crippen LogP contribution in [0.3, 0.4) is 0 Å². The van der Waals surface area contributed by atoms with Gasteiger partial charge in [0.1, 0.15) is 5.82 Å². The van der Waals surface area contributed by atoms with E-state index >= 15 is 0 Å². The van der Waals surface area contributed by atoms with Gasteiger partial charge in [-0.15, -0.1) is 0 Å². The molecule has 1 heterocycles. The monoisotopic (exact) mass is 238 g/mol. The first-order chi connectivity index (χ1) is 8.13. The van der Waals surface area contributed by atoms with Gasteiger partial charge in [-0.2, -0.15) is 4.98 Å². The molecule has 0 aromatic carbocycles. The third kappa shape index (κ3) is 4.82. The van der Waals surface area contributed by atoms with E-state index in [-0.39, 0.29) is 18.4 Å². The van der Waals surface area contributed by atoms with Gasteiger partial charge < -0.3 is 15.2 Å². The number of nitrogens with one attached hydrogen (secondary N) is 1. The van der Waals surface area contributed by atoms with Crippen molar-refractivity contribution in [2.75, 3.05) is 18.5 Å². The Morgan fingerprint density at radius 1 is 1.53 bits per heavy atom. The summed E-state index contributed by atoms with van der Waals surface area (Å²) in [6, 6.07) is 5.18. The molecule has 0 spiro atoms. The fourth-order valence-corrected chi connectivity index (χ4v) is 1.08. The van der Waals surface area contributed by atoms with E-state index in [2.05, 4.69) is 10.3 Å². The van der Waals surface area contributed by atoms with Gasteiger partial charge in [-0.25, -0.2) is 0 Å². The van der Waals surface area contributed by atoms with Gasteiger partial charge in [0.2, 0.25) is 11.8 Å².